The Morgan fingerprint density at radius 2 is 1.36 bits per heavy atom. The first-order chi connectivity index (χ1) is 21.8. The van der Waals surface area contributed by atoms with Crippen molar-refractivity contribution in [3.8, 4) is 5.75 Å². The molecule has 3 aromatic carbocycles. The molecule has 0 aliphatic heterocycles. The summed E-state index contributed by atoms with van der Waals surface area (Å²) in [6, 6.07) is 20.6. The molecule has 0 aliphatic carbocycles. The van der Waals surface area contributed by atoms with Gasteiger partial charge in [0.1, 0.15) is 5.75 Å². The number of aromatic nitrogens is 1. The number of hydrogen-bond donors (Lipinski definition) is 4. The molecule has 0 bridgehead atoms. The number of carbonyl (C=O) groups is 3. The third-order valence-corrected chi connectivity index (χ3v) is 7.19. The summed E-state index contributed by atoms with van der Waals surface area (Å²) in [5.74, 6) is -4.79. The van der Waals surface area contributed by atoms with Crippen LogP contribution in [0.5, 0.6) is 5.75 Å². The van der Waals surface area contributed by atoms with E-state index in [-0.39, 0.29) is 31.1 Å². The third kappa shape index (κ3) is 9.16. The predicted molar refractivity (Wildman–Crippen MR) is 165 cm³/mol. The summed E-state index contributed by atoms with van der Waals surface area (Å²) in [5.41, 5.74) is 8.57. The lowest BCUT2D eigenvalue weighted by molar-refractivity contribution is -0.124. The summed E-state index contributed by atoms with van der Waals surface area (Å²) in [5, 5.41) is 8.39. The third-order valence-electron chi connectivity index (χ3n) is 7.19. The van der Waals surface area contributed by atoms with Crippen LogP contribution in [0.2, 0.25) is 0 Å². The lowest BCUT2D eigenvalue weighted by Gasteiger charge is -2.22. The van der Waals surface area contributed by atoms with Crippen molar-refractivity contribution < 1.29 is 27.9 Å². The topological polar surface area (TPSA) is 135 Å². The highest BCUT2D eigenvalue weighted by atomic mass is 19.2. The maximum absolute atomic E-state index is 14.2. The quantitative estimate of drug-likeness (QED) is 0.170. The molecule has 0 saturated carbocycles. The average Bonchev–Trinajstić information content (AvgIpc) is 3.06. The van der Waals surface area contributed by atoms with Gasteiger partial charge in [-0.15, -0.1) is 0 Å². The molecule has 0 spiro atoms. The van der Waals surface area contributed by atoms with Crippen molar-refractivity contribution in [1.82, 2.24) is 20.9 Å². The minimum absolute atomic E-state index is 0.0538. The maximum Gasteiger partial charge on any atom is 0.251 e. The highest BCUT2D eigenvalue weighted by Gasteiger charge is 2.27. The van der Waals surface area contributed by atoms with Gasteiger partial charge in [-0.3, -0.25) is 19.4 Å². The van der Waals surface area contributed by atoms with E-state index in [0.717, 1.165) is 23.3 Å². The second kappa shape index (κ2) is 16.1. The van der Waals surface area contributed by atoms with Gasteiger partial charge in [-0.2, -0.15) is 0 Å². The molecule has 234 valence electrons. The fourth-order valence-electron chi connectivity index (χ4n) is 4.65. The molecule has 0 saturated heterocycles. The van der Waals surface area contributed by atoms with Gasteiger partial charge in [0.15, 0.2) is 11.6 Å². The molecule has 11 heteroatoms. The summed E-state index contributed by atoms with van der Waals surface area (Å²) in [6.45, 7) is 2.62. The van der Waals surface area contributed by atoms with E-state index in [0.29, 0.717) is 30.0 Å². The minimum Gasteiger partial charge on any atom is -0.494 e. The van der Waals surface area contributed by atoms with Crippen molar-refractivity contribution in [2.24, 2.45) is 5.73 Å². The molecule has 2 atom stereocenters. The zero-order chi connectivity index (χ0) is 32.2. The second-order valence-corrected chi connectivity index (χ2v) is 10.2. The van der Waals surface area contributed by atoms with Crippen LogP contribution >= 0.6 is 0 Å². The lowest BCUT2D eigenvalue weighted by Crippen LogP contribution is -2.41. The van der Waals surface area contributed by atoms with Crippen molar-refractivity contribution >= 4 is 17.7 Å². The first kappa shape index (κ1) is 32.7. The highest BCUT2D eigenvalue weighted by Crippen LogP contribution is 2.22. The molecule has 45 heavy (non-hydrogen) atoms. The number of pyridine rings is 1. The predicted octanol–water partition coefficient (Wildman–Crippen LogP) is 3.95. The number of rotatable bonds is 14. The van der Waals surface area contributed by atoms with E-state index in [1.807, 2.05) is 31.2 Å². The Morgan fingerprint density at radius 1 is 0.756 bits per heavy atom. The maximum atomic E-state index is 14.2. The Morgan fingerprint density at radius 3 is 2.00 bits per heavy atom. The molecule has 5 N–H and O–H groups in total. The molecule has 1 aromatic heterocycles. The van der Waals surface area contributed by atoms with Crippen LogP contribution in [0, 0.1) is 11.6 Å². The van der Waals surface area contributed by atoms with E-state index in [2.05, 4.69) is 20.9 Å². The second-order valence-electron chi connectivity index (χ2n) is 10.2. The Balaban J connectivity index is 1.52. The number of carbonyl (C=O) groups excluding carboxylic acids is 3. The molecular weight excluding hydrogens is 580 g/mol. The van der Waals surface area contributed by atoms with Gasteiger partial charge in [-0.1, -0.05) is 42.5 Å². The number of nitrogens with zero attached hydrogens (tertiary/aromatic N) is 1. The van der Waals surface area contributed by atoms with Gasteiger partial charge in [0.25, 0.3) is 5.91 Å². The van der Waals surface area contributed by atoms with Crippen LogP contribution in [0.3, 0.4) is 0 Å². The number of nitrogens with two attached hydrogens (primary N) is 1. The van der Waals surface area contributed by atoms with Crippen molar-refractivity contribution in [1.29, 1.82) is 0 Å². The van der Waals surface area contributed by atoms with Crippen molar-refractivity contribution in [2.75, 3.05) is 19.7 Å². The van der Waals surface area contributed by atoms with E-state index in [1.54, 1.807) is 36.4 Å². The summed E-state index contributed by atoms with van der Waals surface area (Å²) in [6.07, 6.45) is 2.98. The molecule has 9 nitrogen and oxygen atoms in total. The number of benzene rings is 3. The number of hydrogen-bond acceptors (Lipinski definition) is 6. The number of ether oxygens (including phenoxy) is 1. The molecule has 0 fully saturated rings. The molecule has 3 amide bonds. The molecule has 0 radical (unpaired) electrons. The van der Waals surface area contributed by atoms with E-state index >= 15 is 0 Å². The highest BCUT2D eigenvalue weighted by molar-refractivity contribution is 5.94. The number of halogens is 2. The van der Waals surface area contributed by atoms with Crippen LogP contribution in [0.25, 0.3) is 0 Å². The van der Waals surface area contributed by atoms with Gasteiger partial charge in [-0.25, -0.2) is 8.78 Å². The first-order valence-corrected chi connectivity index (χ1v) is 14.5. The largest absolute Gasteiger partial charge is 0.494 e. The van der Waals surface area contributed by atoms with Gasteiger partial charge in [0.05, 0.1) is 18.4 Å². The van der Waals surface area contributed by atoms with Crippen molar-refractivity contribution in [3.05, 3.63) is 131 Å². The van der Waals surface area contributed by atoms with Gasteiger partial charge < -0.3 is 26.4 Å². The number of amides is 3. The molecule has 0 aliphatic rings. The Kier molecular flexibility index (Phi) is 11.7. The molecule has 4 aromatic rings. The fraction of sp³-hybridized carbons (Fsp3) is 0.235. The Hall–Kier alpha value is -5.16. The molecule has 1 heterocycles. The van der Waals surface area contributed by atoms with Crippen LogP contribution in [0.15, 0.2) is 91.3 Å². The standard InChI is InChI=1S/C34H35F2N5O4/c1-2-45-27-10-7-24(8-11-27)28(20-40-32(42)25-13-15-38-16-14-25)33(43)41-21-29(26-9-12-30(35)31(36)17-26)34(44)39-19-23-5-3-22(18-37)4-6-23/h3-17,28-29H,2,18-21,37H2,1H3,(H,39,44)(H,40,42)(H,41,43)/t28-,29+/m1/s1. The van der Waals surface area contributed by atoms with Crippen LogP contribution in [-0.4, -0.2) is 42.4 Å². The van der Waals surface area contributed by atoms with Crippen LogP contribution in [0.4, 0.5) is 8.78 Å². The molecular formula is C34H35F2N5O4. The van der Waals surface area contributed by atoms with Crippen molar-refractivity contribution in [3.63, 3.8) is 0 Å². The fourth-order valence-corrected chi connectivity index (χ4v) is 4.65. The molecule has 4 rings (SSSR count). The van der Waals surface area contributed by atoms with E-state index in [9.17, 15) is 23.2 Å². The van der Waals surface area contributed by atoms with E-state index in [1.165, 1.54) is 18.5 Å². The zero-order valence-corrected chi connectivity index (χ0v) is 24.8. The van der Waals surface area contributed by atoms with Gasteiger partial charge in [0, 0.05) is 44.1 Å². The monoisotopic (exact) mass is 615 g/mol. The van der Waals surface area contributed by atoms with Crippen molar-refractivity contribution in [2.45, 2.75) is 31.8 Å². The minimum atomic E-state index is -1.11. The average molecular weight is 616 g/mol. The smallest absolute Gasteiger partial charge is 0.251 e. The van der Waals surface area contributed by atoms with Crippen LogP contribution < -0.4 is 26.4 Å². The molecule has 0 unspecified atom stereocenters. The summed E-state index contributed by atoms with van der Waals surface area (Å²) >= 11 is 0. The normalized spacial score (nSPS) is 12.1. The first-order valence-electron chi connectivity index (χ1n) is 14.5. The van der Waals surface area contributed by atoms with Crippen LogP contribution in [-0.2, 0) is 22.7 Å². The summed E-state index contributed by atoms with van der Waals surface area (Å²) in [7, 11) is 0. The zero-order valence-electron chi connectivity index (χ0n) is 24.8. The Labute approximate surface area is 260 Å². The SMILES string of the molecule is CCOc1ccc([C@@H](CNC(=O)c2ccncc2)C(=O)NC[C@H](C(=O)NCc2ccc(CN)cc2)c2ccc(F)c(F)c2)cc1. The van der Waals surface area contributed by atoms with Crippen LogP contribution in [0.1, 0.15) is 51.4 Å². The van der Waals surface area contributed by atoms with E-state index in [4.69, 9.17) is 10.5 Å². The lowest BCUT2D eigenvalue weighted by atomic mass is 9.95. The van der Waals surface area contributed by atoms with Gasteiger partial charge >= 0.3 is 0 Å². The summed E-state index contributed by atoms with van der Waals surface area (Å²) < 4.78 is 33.5. The number of nitrogens with one attached hydrogen (secondary N) is 3. The van der Waals surface area contributed by atoms with Gasteiger partial charge in [-0.05, 0) is 65.6 Å². The summed E-state index contributed by atoms with van der Waals surface area (Å²) in [4.78, 5) is 43.7. The van der Waals surface area contributed by atoms with E-state index < -0.39 is 35.3 Å². The van der Waals surface area contributed by atoms with Gasteiger partial charge in [0.2, 0.25) is 11.8 Å². The Bertz CT molecular complexity index is 1580.